The number of benzene rings is 1. The van der Waals surface area contributed by atoms with Gasteiger partial charge in [0.15, 0.2) is 11.0 Å². The molecule has 2 aromatic heterocycles. The highest BCUT2D eigenvalue weighted by atomic mass is 35.5. The van der Waals surface area contributed by atoms with E-state index in [1.807, 2.05) is 19.2 Å². The maximum atomic E-state index is 12.9. The molecule has 1 atom stereocenters. The second-order valence-electron chi connectivity index (χ2n) is 7.56. The molecule has 1 aliphatic rings. The summed E-state index contributed by atoms with van der Waals surface area (Å²) in [6, 6.07) is 9.45. The number of urea groups is 1. The number of halogens is 1. The molecule has 0 saturated heterocycles. The Balaban J connectivity index is 1.54. The number of furan rings is 1. The summed E-state index contributed by atoms with van der Waals surface area (Å²) in [6.45, 7) is 3.88. The molecule has 0 unspecified atom stereocenters. The monoisotopic (exact) mass is 517 g/mol. The normalized spacial score (nSPS) is 15.5. The number of esters is 1. The predicted molar refractivity (Wildman–Crippen MR) is 129 cm³/mol. The van der Waals surface area contributed by atoms with Crippen LogP contribution in [0.25, 0.3) is 0 Å². The fraction of sp³-hybridized carbons (Fsp3) is 0.304. The van der Waals surface area contributed by atoms with E-state index in [2.05, 4.69) is 20.8 Å². The molecule has 10 nitrogen and oxygen atoms in total. The topological polar surface area (TPSA) is 121 Å². The van der Waals surface area contributed by atoms with Crippen molar-refractivity contribution in [3.63, 3.8) is 0 Å². The molecule has 0 radical (unpaired) electrons. The van der Waals surface area contributed by atoms with Crippen molar-refractivity contribution >= 4 is 35.4 Å². The van der Waals surface area contributed by atoms with Crippen LogP contribution in [0.2, 0.25) is 5.02 Å². The smallest absolute Gasteiger partial charge is 0.338 e. The predicted octanol–water partition coefficient (Wildman–Crippen LogP) is 3.91. The number of aryl methyl sites for hydroxylation is 1. The quantitative estimate of drug-likeness (QED) is 0.324. The van der Waals surface area contributed by atoms with Gasteiger partial charge in [0.1, 0.15) is 29.9 Å². The number of carbonyl (C=O) groups is 2. The number of carbonyl (C=O) groups excluding carboxylic acids is 2. The van der Waals surface area contributed by atoms with Gasteiger partial charge in [-0.25, -0.2) is 9.59 Å². The standard InChI is InChI=1S/C23H24ClN5O5S/c1-4-32-21(30)19-15(25-22(31)26-20(19)17-10-9-13(2)34-17)12-35-23-28-27-18(29(23)3)11-33-16-8-6-5-7-14(16)24/h5-10,20H,4,11-12H2,1-3H3,(H2,25,26,31)/t20-/m1/s1. The summed E-state index contributed by atoms with van der Waals surface area (Å²) in [7, 11) is 1.81. The lowest BCUT2D eigenvalue weighted by atomic mass is 10.0. The maximum absolute atomic E-state index is 12.9. The molecule has 1 aromatic carbocycles. The van der Waals surface area contributed by atoms with Gasteiger partial charge in [0.05, 0.1) is 17.2 Å². The van der Waals surface area contributed by atoms with Gasteiger partial charge in [0, 0.05) is 18.5 Å². The summed E-state index contributed by atoms with van der Waals surface area (Å²) >= 11 is 7.45. The minimum absolute atomic E-state index is 0.172. The van der Waals surface area contributed by atoms with Gasteiger partial charge < -0.3 is 29.1 Å². The van der Waals surface area contributed by atoms with Crippen LogP contribution >= 0.6 is 23.4 Å². The average Bonchev–Trinajstić information content (AvgIpc) is 3.42. The van der Waals surface area contributed by atoms with Crippen molar-refractivity contribution in [2.24, 2.45) is 7.05 Å². The molecule has 0 bridgehead atoms. The first-order valence-electron chi connectivity index (χ1n) is 10.8. The summed E-state index contributed by atoms with van der Waals surface area (Å²) in [4.78, 5) is 25.3. The van der Waals surface area contributed by atoms with Crippen LogP contribution in [0, 0.1) is 6.92 Å². The summed E-state index contributed by atoms with van der Waals surface area (Å²) in [5, 5.41) is 15.0. The molecule has 2 amide bonds. The van der Waals surface area contributed by atoms with E-state index in [0.29, 0.717) is 39.0 Å². The number of nitrogens with one attached hydrogen (secondary N) is 2. The maximum Gasteiger partial charge on any atom is 0.338 e. The van der Waals surface area contributed by atoms with Crippen LogP contribution in [0.4, 0.5) is 4.79 Å². The van der Waals surface area contributed by atoms with Gasteiger partial charge in [-0.15, -0.1) is 10.2 Å². The minimum Gasteiger partial charge on any atom is -0.484 e. The number of aromatic nitrogens is 3. The highest BCUT2D eigenvalue weighted by molar-refractivity contribution is 7.99. The Hall–Kier alpha value is -3.44. The van der Waals surface area contributed by atoms with Gasteiger partial charge >= 0.3 is 12.0 Å². The van der Waals surface area contributed by atoms with Gasteiger partial charge in [-0.2, -0.15) is 0 Å². The van der Waals surface area contributed by atoms with E-state index < -0.39 is 18.0 Å². The van der Waals surface area contributed by atoms with Crippen molar-refractivity contribution in [2.75, 3.05) is 12.4 Å². The number of rotatable bonds is 9. The number of hydrogen-bond acceptors (Lipinski definition) is 8. The van der Waals surface area contributed by atoms with Crippen LogP contribution < -0.4 is 15.4 Å². The molecule has 35 heavy (non-hydrogen) atoms. The van der Waals surface area contributed by atoms with E-state index >= 15 is 0 Å². The van der Waals surface area contributed by atoms with E-state index in [4.69, 9.17) is 25.5 Å². The third kappa shape index (κ3) is 5.63. The zero-order valence-electron chi connectivity index (χ0n) is 19.3. The molecule has 0 spiro atoms. The Morgan fingerprint density at radius 3 is 2.77 bits per heavy atom. The molecule has 0 aliphatic carbocycles. The lowest BCUT2D eigenvalue weighted by Crippen LogP contribution is -2.46. The Morgan fingerprint density at radius 2 is 2.06 bits per heavy atom. The van der Waals surface area contributed by atoms with Crippen molar-refractivity contribution in [1.29, 1.82) is 0 Å². The van der Waals surface area contributed by atoms with Crippen molar-refractivity contribution in [3.05, 3.63) is 70.0 Å². The summed E-state index contributed by atoms with van der Waals surface area (Å²) in [5.74, 6) is 1.95. The number of amides is 2. The van der Waals surface area contributed by atoms with Crippen molar-refractivity contribution < 1.29 is 23.5 Å². The largest absolute Gasteiger partial charge is 0.484 e. The first-order valence-corrected chi connectivity index (χ1v) is 12.2. The Kier molecular flexibility index (Phi) is 7.67. The van der Waals surface area contributed by atoms with Gasteiger partial charge in [0.25, 0.3) is 0 Å². The van der Waals surface area contributed by atoms with E-state index in [1.54, 1.807) is 42.7 Å². The molecular formula is C23H24ClN5O5S. The third-order valence-corrected chi connectivity index (χ3v) is 6.52. The van der Waals surface area contributed by atoms with Gasteiger partial charge in [-0.3, -0.25) is 0 Å². The zero-order valence-corrected chi connectivity index (χ0v) is 20.9. The van der Waals surface area contributed by atoms with Gasteiger partial charge in [0.2, 0.25) is 0 Å². The van der Waals surface area contributed by atoms with Gasteiger partial charge in [-0.1, -0.05) is 35.5 Å². The third-order valence-electron chi connectivity index (χ3n) is 5.16. The highest BCUT2D eigenvalue weighted by Gasteiger charge is 2.35. The van der Waals surface area contributed by atoms with Crippen LogP contribution in [0.3, 0.4) is 0 Å². The van der Waals surface area contributed by atoms with E-state index in [1.165, 1.54) is 11.8 Å². The highest BCUT2D eigenvalue weighted by Crippen LogP contribution is 2.31. The Bertz CT molecular complexity index is 1270. The molecule has 2 N–H and O–H groups in total. The summed E-state index contributed by atoms with van der Waals surface area (Å²) in [5.41, 5.74) is 0.686. The molecule has 12 heteroatoms. The SMILES string of the molecule is CCOC(=O)C1=C(CSc2nnc(COc3ccccc3Cl)n2C)NC(=O)N[C@@H]1c1ccc(C)o1. The van der Waals surface area contributed by atoms with Crippen molar-refractivity contribution in [1.82, 2.24) is 25.4 Å². The van der Waals surface area contributed by atoms with E-state index in [9.17, 15) is 9.59 Å². The fourth-order valence-electron chi connectivity index (χ4n) is 3.44. The number of para-hydroxylation sites is 1. The summed E-state index contributed by atoms with van der Waals surface area (Å²) < 4.78 is 18.5. The molecule has 184 valence electrons. The van der Waals surface area contributed by atoms with E-state index in [0.717, 1.165) is 0 Å². The first kappa shape index (κ1) is 24.7. The molecule has 4 rings (SSSR count). The molecule has 1 aliphatic heterocycles. The summed E-state index contributed by atoms with van der Waals surface area (Å²) in [6.07, 6.45) is 0. The minimum atomic E-state index is -0.772. The average molecular weight is 518 g/mol. The van der Waals surface area contributed by atoms with Gasteiger partial charge in [-0.05, 0) is 38.1 Å². The van der Waals surface area contributed by atoms with Crippen LogP contribution in [-0.2, 0) is 23.2 Å². The Labute approximate surface area is 211 Å². The van der Waals surface area contributed by atoms with Crippen LogP contribution in [-0.4, -0.2) is 39.1 Å². The van der Waals surface area contributed by atoms with Crippen molar-refractivity contribution in [3.8, 4) is 5.75 Å². The lowest BCUT2D eigenvalue weighted by Gasteiger charge is -2.27. The van der Waals surface area contributed by atoms with Crippen LogP contribution in [0.15, 0.2) is 57.2 Å². The molecule has 3 aromatic rings. The molecule has 0 saturated carbocycles. The number of ether oxygens (including phenoxy) is 2. The van der Waals surface area contributed by atoms with Crippen molar-refractivity contribution in [2.45, 2.75) is 31.7 Å². The fourth-order valence-corrected chi connectivity index (χ4v) is 4.53. The van der Waals surface area contributed by atoms with E-state index in [-0.39, 0.29) is 24.5 Å². The number of hydrogen-bond donors (Lipinski definition) is 2. The molecular weight excluding hydrogens is 494 g/mol. The molecule has 0 fully saturated rings. The second kappa shape index (κ2) is 10.9. The van der Waals surface area contributed by atoms with Crippen LogP contribution in [0.5, 0.6) is 5.75 Å². The zero-order chi connectivity index (χ0) is 24.9. The number of nitrogens with zero attached hydrogens (tertiary/aromatic N) is 3. The van der Waals surface area contributed by atoms with Crippen LogP contribution in [0.1, 0.15) is 30.3 Å². The Morgan fingerprint density at radius 1 is 1.26 bits per heavy atom. The lowest BCUT2D eigenvalue weighted by molar-refractivity contribution is -0.139. The first-order chi connectivity index (χ1) is 16.9. The molecule has 3 heterocycles. The second-order valence-corrected chi connectivity index (χ2v) is 8.91. The number of thioether (sulfide) groups is 1.